The molecule has 1 atom stereocenters. The summed E-state index contributed by atoms with van der Waals surface area (Å²) in [5.41, 5.74) is 6.26. The van der Waals surface area contributed by atoms with Crippen molar-refractivity contribution in [3.8, 4) is 0 Å². The first kappa shape index (κ1) is 14.1. The van der Waals surface area contributed by atoms with E-state index in [1.165, 1.54) is 18.3 Å². The van der Waals surface area contributed by atoms with Gasteiger partial charge in [-0.1, -0.05) is 28.1 Å². The van der Waals surface area contributed by atoms with Crippen LogP contribution in [0.4, 0.5) is 8.78 Å². The van der Waals surface area contributed by atoms with Crippen LogP contribution in [0.25, 0.3) is 0 Å². The summed E-state index contributed by atoms with van der Waals surface area (Å²) in [5, 5.41) is 7.60. The van der Waals surface area contributed by atoms with Crippen LogP contribution >= 0.6 is 15.9 Å². The summed E-state index contributed by atoms with van der Waals surface area (Å²) in [7, 11) is 0. The van der Waals surface area contributed by atoms with E-state index in [0.29, 0.717) is 16.7 Å². The predicted molar refractivity (Wildman–Crippen MR) is 70.4 cm³/mol. The molecule has 0 radical (unpaired) electrons. The molecular weight excluding hydrogens is 318 g/mol. The first-order valence-corrected chi connectivity index (χ1v) is 6.62. The molecule has 0 aliphatic rings. The SMILES string of the molecule is CCCn1nncc1C(N)c1c(F)cc(Br)cc1F. The molecule has 1 aromatic carbocycles. The van der Waals surface area contributed by atoms with Gasteiger partial charge in [0.05, 0.1) is 17.9 Å². The first-order valence-electron chi connectivity index (χ1n) is 5.83. The zero-order chi connectivity index (χ0) is 14.0. The minimum absolute atomic E-state index is 0.178. The number of hydrogen-bond donors (Lipinski definition) is 1. The number of nitrogens with two attached hydrogens (primary N) is 1. The van der Waals surface area contributed by atoms with Gasteiger partial charge < -0.3 is 5.73 Å². The molecule has 0 saturated heterocycles. The molecule has 0 saturated carbocycles. The van der Waals surface area contributed by atoms with Gasteiger partial charge in [0.25, 0.3) is 0 Å². The Morgan fingerprint density at radius 3 is 2.58 bits per heavy atom. The molecule has 2 aromatic rings. The molecule has 2 N–H and O–H groups in total. The Morgan fingerprint density at radius 1 is 1.37 bits per heavy atom. The van der Waals surface area contributed by atoms with Crippen molar-refractivity contribution < 1.29 is 8.78 Å². The van der Waals surface area contributed by atoms with Gasteiger partial charge in [0.1, 0.15) is 11.6 Å². The molecule has 19 heavy (non-hydrogen) atoms. The van der Waals surface area contributed by atoms with Crippen molar-refractivity contribution in [1.29, 1.82) is 0 Å². The van der Waals surface area contributed by atoms with Gasteiger partial charge in [-0.15, -0.1) is 5.10 Å². The first-order chi connectivity index (χ1) is 9.04. The molecule has 0 aliphatic heterocycles. The van der Waals surface area contributed by atoms with E-state index in [1.54, 1.807) is 4.68 Å². The number of nitrogens with zero attached hydrogens (tertiary/aromatic N) is 3. The molecule has 1 aromatic heterocycles. The molecule has 4 nitrogen and oxygen atoms in total. The van der Waals surface area contributed by atoms with Crippen molar-refractivity contribution in [2.75, 3.05) is 0 Å². The molecule has 0 aliphatic carbocycles. The second kappa shape index (κ2) is 5.75. The molecule has 7 heteroatoms. The second-order valence-corrected chi connectivity index (χ2v) is 5.06. The predicted octanol–water partition coefficient (Wildman–Crippen LogP) is 2.78. The van der Waals surface area contributed by atoms with Crippen LogP contribution < -0.4 is 5.73 Å². The third kappa shape index (κ3) is 2.82. The van der Waals surface area contributed by atoms with Crippen LogP contribution in [-0.2, 0) is 6.54 Å². The lowest BCUT2D eigenvalue weighted by molar-refractivity contribution is 0.510. The molecule has 1 heterocycles. The highest BCUT2D eigenvalue weighted by atomic mass is 79.9. The molecule has 0 spiro atoms. The smallest absolute Gasteiger partial charge is 0.132 e. The summed E-state index contributed by atoms with van der Waals surface area (Å²) in [6.45, 7) is 2.57. The third-order valence-corrected chi connectivity index (χ3v) is 3.21. The summed E-state index contributed by atoms with van der Waals surface area (Å²) in [5.74, 6) is -1.38. The van der Waals surface area contributed by atoms with Crippen molar-refractivity contribution >= 4 is 15.9 Å². The summed E-state index contributed by atoms with van der Waals surface area (Å²) in [6, 6.07) is 1.44. The largest absolute Gasteiger partial charge is 0.319 e. The van der Waals surface area contributed by atoms with Crippen molar-refractivity contribution in [2.24, 2.45) is 5.73 Å². The molecule has 2 rings (SSSR count). The lowest BCUT2D eigenvalue weighted by Crippen LogP contribution is -2.20. The topological polar surface area (TPSA) is 56.7 Å². The number of rotatable bonds is 4. The average Bonchev–Trinajstić information content (AvgIpc) is 2.76. The number of halogens is 3. The van der Waals surface area contributed by atoms with Crippen molar-refractivity contribution in [3.63, 3.8) is 0 Å². The Kier molecular flexibility index (Phi) is 4.26. The minimum atomic E-state index is -0.936. The number of aryl methyl sites for hydroxylation is 1. The summed E-state index contributed by atoms with van der Waals surface area (Å²) in [6.07, 6.45) is 2.26. The lowest BCUT2D eigenvalue weighted by Gasteiger charge is -2.15. The summed E-state index contributed by atoms with van der Waals surface area (Å²) < 4.78 is 29.6. The third-order valence-electron chi connectivity index (χ3n) is 2.76. The lowest BCUT2D eigenvalue weighted by atomic mass is 10.0. The average molecular weight is 331 g/mol. The Balaban J connectivity index is 2.44. The van der Waals surface area contributed by atoms with Crippen LogP contribution in [0.15, 0.2) is 22.8 Å². The van der Waals surface area contributed by atoms with E-state index >= 15 is 0 Å². The second-order valence-electron chi connectivity index (χ2n) is 4.14. The fourth-order valence-corrected chi connectivity index (χ4v) is 2.29. The van der Waals surface area contributed by atoms with Gasteiger partial charge >= 0.3 is 0 Å². The van der Waals surface area contributed by atoms with Crippen LogP contribution in [0.1, 0.15) is 30.6 Å². The Hall–Kier alpha value is -1.34. The molecule has 102 valence electrons. The Bertz CT molecular complexity index is 562. The monoisotopic (exact) mass is 330 g/mol. The maximum absolute atomic E-state index is 13.9. The Morgan fingerprint density at radius 2 is 2.00 bits per heavy atom. The van der Waals surface area contributed by atoms with Gasteiger partial charge in [-0.2, -0.15) is 0 Å². The highest BCUT2D eigenvalue weighted by molar-refractivity contribution is 9.10. The molecular formula is C12H13BrF2N4. The van der Waals surface area contributed by atoms with Crippen LogP contribution in [-0.4, -0.2) is 15.0 Å². The van der Waals surface area contributed by atoms with Gasteiger partial charge in [-0.25, -0.2) is 13.5 Å². The van der Waals surface area contributed by atoms with E-state index in [9.17, 15) is 8.78 Å². The van der Waals surface area contributed by atoms with Gasteiger partial charge in [0.2, 0.25) is 0 Å². The molecule has 1 unspecified atom stereocenters. The number of benzene rings is 1. The summed E-state index contributed by atoms with van der Waals surface area (Å²) >= 11 is 3.03. The molecule has 0 fully saturated rings. The standard InChI is InChI=1S/C12H13BrF2N4/c1-2-3-19-10(6-17-18-19)12(16)11-8(14)4-7(13)5-9(11)15/h4-6,12H,2-3,16H2,1H3. The van der Waals surface area contributed by atoms with E-state index in [0.717, 1.165) is 6.42 Å². The fraction of sp³-hybridized carbons (Fsp3) is 0.333. The van der Waals surface area contributed by atoms with E-state index in [-0.39, 0.29) is 5.56 Å². The normalized spacial score (nSPS) is 12.7. The maximum Gasteiger partial charge on any atom is 0.132 e. The van der Waals surface area contributed by atoms with E-state index in [1.807, 2.05) is 6.92 Å². The van der Waals surface area contributed by atoms with Crippen LogP contribution in [0.3, 0.4) is 0 Å². The maximum atomic E-state index is 13.9. The number of hydrogen-bond acceptors (Lipinski definition) is 3. The quantitative estimate of drug-likeness (QED) is 0.937. The van der Waals surface area contributed by atoms with Gasteiger partial charge in [0.15, 0.2) is 0 Å². The highest BCUT2D eigenvalue weighted by Crippen LogP contribution is 2.27. The zero-order valence-electron chi connectivity index (χ0n) is 10.3. The Labute approximate surface area is 117 Å². The zero-order valence-corrected chi connectivity index (χ0v) is 11.9. The van der Waals surface area contributed by atoms with Crippen molar-refractivity contribution in [3.05, 3.63) is 45.7 Å². The van der Waals surface area contributed by atoms with Gasteiger partial charge in [0, 0.05) is 16.6 Å². The van der Waals surface area contributed by atoms with Crippen LogP contribution in [0, 0.1) is 11.6 Å². The number of aromatic nitrogens is 3. The van der Waals surface area contributed by atoms with Crippen molar-refractivity contribution in [2.45, 2.75) is 25.9 Å². The van der Waals surface area contributed by atoms with E-state index in [4.69, 9.17) is 5.73 Å². The minimum Gasteiger partial charge on any atom is -0.319 e. The fourth-order valence-electron chi connectivity index (χ4n) is 1.89. The summed E-state index contributed by atoms with van der Waals surface area (Å²) in [4.78, 5) is 0. The van der Waals surface area contributed by atoms with Gasteiger partial charge in [-0.05, 0) is 18.6 Å². The van der Waals surface area contributed by atoms with Crippen molar-refractivity contribution in [1.82, 2.24) is 15.0 Å². The van der Waals surface area contributed by atoms with Gasteiger partial charge in [-0.3, -0.25) is 0 Å². The van der Waals surface area contributed by atoms with Crippen LogP contribution in [0.2, 0.25) is 0 Å². The molecule has 0 amide bonds. The van der Waals surface area contributed by atoms with Crippen LogP contribution in [0.5, 0.6) is 0 Å². The highest BCUT2D eigenvalue weighted by Gasteiger charge is 2.22. The van der Waals surface area contributed by atoms with E-state index in [2.05, 4.69) is 26.2 Å². The molecule has 0 bridgehead atoms. The van der Waals surface area contributed by atoms with E-state index < -0.39 is 17.7 Å².